The highest BCUT2D eigenvalue weighted by atomic mass is 16.3. The number of hydrogen-bond acceptors (Lipinski definition) is 3. The lowest BCUT2D eigenvalue weighted by molar-refractivity contribution is 0.222. The predicted octanol–water partition coefficient (Wildman–Crippen LogP) is 1.22. The molecule has 0 saturated heterocycles. The van der Waals surface area contributed by atoms with E-state index in [-0.39, 0.29) is 6.61 Å². The van der Waals surface area contributed by atoms with Crippen molar-refractivity contribution in [3.05, 3.63) is 35.9 Å². The molecule has 0 aliphatic heterocycles. The summed E-state index contributed by atoms with van der Waals surface area (Å²) in [5.74, 6) is 0. The topological polar surface area (TPSA) is 70.0 Å². The van der Waals surface area contributed by atoms with Crippen LogP contribution in [0.2, 0.25) is 0 Å². The predicted molar refractivity (Wildman–Crippen MR) is 59.0 cm³/mol. The molecule has 0 aliphatic rings. The van der Waals surface area contributed by atoms with Crippen molar-refractivity contribution in [3.8, 4) is 6.07 Å². The average molecular weight is 204 g/mol. The van der Waals surface area contributed by atoms with E-state index in [2.05, 4.69) is 0 Å². The van der Waals surface area contributed by atoms with Crippen molar-refractivity contribution in [1.82, 2.24) is 0 Å². The van der Waals surface area contributed by atoms with Crippen LogP contribution < -0.4 is 5.73 Å². The maximum atomic E-state index is 8.93. The van der Waals surface area contributed by atoms with Crippen LogP contribution in [0.4, 0.5) is 0 Å². The maximum absolute atomic E-state index is 8.93. The van der Waals surface area contributed by atoms with E-state index in [1.165, 1.54) is 5.56 Å². The average Bonchev–Trinajstić information content (AvgIpc) is 2.30. The van der Waals surface area contributed by atoms with Gasteiger partial charge in [0.25, 0.3) is 0 Å². The van der Waals surface area contributed by atoms with Gasteiger partial charge in [0.1, 0.15) is 5.54 Å². The van der Waals surface area contributed by atoms with E-state index in [9.17, 15) is 0 Å². The maximum Gasteiger partial charge on any atom is 0.127 e. The number of rotatable bonds is 5. The molecule has 1 aromatic rings. The highest BCUT2D eigenvalue weighted by Gasteiger charge is 2.22. The van der Waals surface area contributed by atoms with Crippen LogP contribution in [-0.4, -0.2) is 17.3 Å². The first kappa shape index (κ1) is 11.7. The van der Waals surface area contributed by atoms with E-state index in [1.54, 1.807) is 0 Å². The first-order valence-corrected chi connectivity index (χ1v) is 5.05. The quantitative estimate of drug-likeness (QED) is 0.757. The lowest BCUT2D eigenvalue weighted by atomic mass is 9.95. The van der Waals surface area contributed by atoms with Crippen LogP contribution in [0.3, 0.4) is 0 Å². The Balaban J connectivity index is 2.37. The van der Waals surface area contributed by atoms with Crippen LogP contribution >= 0.6 is 0 Å². The fourth-order valence-electron chi connectivity index (χ4n) is 1.42. The van der Waals surface area contributed by atoms with Gasteiger partial charge in [-0.15, -0.1) is 0 Å². The summed E-state index contributed by atoms with van der Waals surface area (Å²) in [4.78, 5) is 0. The summed E-state index contributed by atoms with van der Waals surface area (Å²) in [5, 5.41) is 17.7. The van der Waals surface area contributed by atoms with Crippen molar-refractivity contribution < 1.29 is 5.11 Å². The van der Waals surface area contributed by atoms with Gasteiger partial charge in [0.15, 0.2) is 0 Å². The molecular weight excluding hydrogens is 188 g/mol. The van der Waals surface area contributed by atoms with Crippen LogP contribution in [0.1, 0.15) is 18.4 Å². The highest BCUT2D eigenvalue weighted by Crippen LogP contribution is 2.11. The largest absolute Gasteiger partial charge is 0.393 e. The second kappa shape index (κ2) is 5.50. The van der Waals surface area contributed by atoms with E-state index >= 15 is 0 Å². The summed E-state index contributed by atoms with van der Waals surface area (Å²) in [6, 6.07) is 12.0. The molecule has 1 unspecified atom stereocenters. The van der Waals surface area contributed by atoms with Gasteiger partial charge in [-0.1, -0.05) is 30.3 Å². The van der Waals surface area contributed by atoms with Crippen molar-refractivity contribution >= 4 is 0 Å². The molecule has 0 saturated carbocycles. The summed E-state index contributed by atoms with van der Waals surface area (Å²) in [6.45, 7) is -0.279. The Bertz CT molecular complexity index is 331. The molecule has 3 nitrogen and oxygen atoms in total. The van der Waals surface area contributed by atoms with Gasteiger partial charge in [-0.3, -0.25) is 0 Å². The van der Waals surface area contributed by atoms with Gasteiger partial charge >= 0.3 is 0 Å². The summed E-state index contributed by atoms with van der Waals surface area (Å²) in [6.07, 6.45) is 2.23. The highest BCUT2D eigenvalue weighted by molar-refractivity contribution is 5.15. The van der Waals surface area contributed by atoms with Crippen LogP contribution in [0, 0.1) is 11.3 Å². The van der Waals surface area contributed by atoms with E-state index in [0.29, 0.717) is 6.42 Å². The molecule has 0 bridgehead atoms. The molecule has 0 spiro atoms. The SMILES string of the molecule is N#CC(N)(CO)CCCc1ccccc1. The van der Waals surface area contributed by atoms with Crippen LogP contribution in [-0.2, 0) is 6.42 Å². The van der Waals surface area contributed by atoms with Gasteiger partial charge in [-0.2, -0.15) is 5.26 Å². The molecule has 0 fully saturated rings. The van der Waals surface area contributed by atoms with E-state index < -0.39 is 5.54 Å². The molecule has 3 heteroatoms. The zero-order chi connectivity index (χ0) is 11.1. The second-order valence-electron chi connectivity index (χ2n) is 3.77. The Hall–Kier alpha value is -1.37. The first-order valence-electron chi connectivity index (χ1n) is 5.05. The van der Waals surface area contributed by atoms with Gasteiger partial charge in [0, 0.05) is 0 Å². The smallest absolute Gasteiger partial charge is 0.127 e. The van der Waals surface area contributed by atoms with Crippen LogP contribution in [0.15, 0.2) is 30.3 Å². The molecular formula is C12H16N2O. The Morgan fingerprint density at radius 2 is 2.00 bits per heavy atom. The summed E-state index contributed by atoms with van der Waals surface area (Å²) in [5.41, 5.74) is 5.81. The first-order chi connectivity index (χ1) is 7.20. The van der Waals surface area contributed by atoms with E-state index in [1.807, 2.05) is 36.4 Å². The van der Waals surface area contributed by atoms with Crippen LogP contribution in [0.25, 0.3) is 0 Å². The van der Waals surface area contributed by atoms with E-state index in [4.69, 9.17) is 16.1 Å². The Kier molecular flexibility index (Phi) is 4.29. The zero-order valence-electron chi connectivity index (χ0n) is 8.69. The lowest BCUT2D eigenvalue weighted by Gasteiger charge is -2.17. The minimum absolute atomic E-state index is 0.279. The normalized spacial score (nSPS) is 14.2. The monoisotopic (exact) mass is 204 g/mol. The van der Waals surface area contributed by atoms with Crippen molar-refractivity contribution in [3.63, 3.8) is 0 Å². The standard InChI is InChI=1S/C12H16N2O/c13-9-12(14,10-15)8-4-7-11-5-2-1-3-6-11/h1-3,5-6,15H,4,7-8,10,14H2. The molecule has 1 atom stereocenters. The molecule has 80 valence electrons. The molecule has 0 aromatic heterocycles. The number of nitrogens with two attached hydrogens (primary N) is 1. The Labute approximate surface area is 90.1 Å². The molecule has 15 heavy (non-hydrogen) atoms. The Morgan fingerprint density at radius 1 is 1.33 bits per heavy atom. The third kappa shape index (κ3) is 3.70. The van der Waals surface area contributed by atoms with Crippen molar-refractivity contribution in [1.29, 1.82) is 5.26 Å². The minimum Gasteiger partial charge on any atom is -0.393 e. The number of aryl methyl sites for hydroxylation is 1. The number of benzene rings is 1. The second-order valence-corrected chi connectivity index (χ2v) is 3.77. The van der Waals surface area contributed by atoms with Gasteiger partial charge < -0.3 is 10.8 Å². The van der Waals surface area contributed by atoms with Crippen molar-refractivity contribution in [2.75, 3.05) is 6.61 Å². The van der Waals surface area contributed by atoms with Crippen molar-refractivity contribution in [2.24, 2.45) is 5.73 Å². The number of nitriles is 1. The third-order valence-electron chi connectivity index (χ3n) is 2.44. The molecule has 3 N–H and O–H groups in total. The van der Waals surface area contributed by atoms with E-state index in [0.717, 1.165) is 12.8 Å². The lowest BCUT2D eigenvalue weighted by Crippen LogP contribution is -2.42. The fraction of sp³-hybridized carbons (Fsp3) is 0.417. The van der Waals surface area contributed by atoms with Crippen molar-refractivity contribution in [2.45, 2.75) is 24.8 Å². The molecule has 0 heterocycles. The molecule has 0 amide bonds. The summed E-state index contributed by atoms with van der Waals surface area (Å²) >= 11 is 0. The van der Waals surface area contributed by atoms with Gasteiger partial charge in [-0.25, -0.2) is 0 Å². The fourth-order valence-corrected chi connectivity index (χ4v) is 1.42. The number of nitrogens with zero attached hydrogens (tertiary/aromatic N) is 1. The third-order valence-corrected chi connectivity index (χ3v) is 2.44. The molecule has 0 radical (unpaired) electrons. The minimum atomic E-state index is -1.07. The zero-order valence-corrected chi connectivity index (χ0v) is 8.69. The molecule has 1 rings (SSSR count). The summed E-state index contributed by atoms with van der Waals surface area (Å²) < 4.78 is 0. The molecule has 0 aliphatic carbocycles. The Morgan fingerprint density at radius 3 is 2.53 bits per heavy atom. The summed E-state index contributed by atoms with van der Waals surface area (Å²) in [7, 11) is 0. The van der Waals surface area contributed by atoms with Gasteiger partial charge in [0.05, 0.1) is 12.7 Å². The van der Waals surface area contributed by atoms with Gasteiger partial charge in [0.2, 0.25) is 0 Å². The molecule has 1 aromatic carbocycles. The number of aliphatic hydroxyl groups excluding tert-OH is 1. The number of hydrogen-bond donors (Lipinski definition) is 2. The number of aliphatic hydroxyl groups is 1. The van der Waals surface area contributed by atoms with Crippen LogP contribution in [0.5, 0.6) is 0 Å². The van der Waals surface area contributed by atoms with Gasteiger partial charge in [-0.05, 0) is 24.8 Å².